The number of nitrogens with one attached hydrogen (secondary N) is 1. The maximum atomic E-state index is 11.7. The summed E-state index contributed by atoms with van der Waals surface area (Å²) in [4.78, 5) is 11.7. The van der Waals surface area contributed by atoms with Crippen LogP contribution in [0.2, 0.25) is 5.02 Å². The van der Waals surface area contributed by atoms with Gasteiger partial charge in [-0.1, -0.05) is 29.8 Å². The van der Waals surface area contributed by atoms with Crippen molar-refractivity contribution in [2.75, 3.05) is 0 Å². The van der Waals surface area contributed by atoms with Crippen LogP contribution < -0.4 is 5.32 Å². The summed E-state index contributed by atoms with van der Waals surface area (Å²) >= 11 is 5.97. The smallest absolute Gasteiger partial charge is 0.244 e. The van der Waals surface area contributed by atoms with Crippen LogP contribution in [0.1, 0.15) is 26.3 Å². The predicted octanol–water partition coefficient (Wildman–Crippen LogP) is 2.63. The van der Waals surface area contributed by atoms with Crippen LogP contribution in [0.25, 0.3) is 6.08 Å². The molecule has 4 heteroatoms. The highest BCUT2D eigenvalue weighted by Gasteiger charge is 2.24. The van der Waals surface area contributed by atoms with Crippen LogP contribution in [-0.4, -0.2) is 22.7 Å². The second-order valence-electron chi connectivity index (χ2n) is 4.74. The van der Waals surface area contributed by atoms with E-state index >= 15 is 0 Å². The summed E-state index contributed by atoms with van der Waals surface area (Å²) in [5.41, 5.74) is 0.117. The van der Waals surface area contributed by atoms with E-state index in [9.17, 15) is 9.90 Å². The predicted molar refractivity (Wildman–Crippen MR) is 74.4 cm³/mol. The second-order valence-corrected chi connectivity index (χ2v) is 5.15. The van der Waals surface area contributed by atoms with Crippen LogP contribution in [0.5, 0.6) is 0 Å². The van der Waals surface area contributed by atoms with Gasteiger partial charge in [-0.05, 0) is 38.5 Å². The number of carbonyl (C=O) groups is 1. The largest absolute Gasteiger partial charge is 0.391 e. The van der Waals surface area contributed by atoms with Crippen LogP contribution in [0, 0.1) is 0 Å². The average Bonchev–Trinajstić information content (AvgIpc) is 2.27. The molecule has 0 fully saturated rings. The lowest BCUT2D eigenvalue weighted by atomic mass is 9.99. The first-order valence-corrected chi connectivity index (χ1v) is 6.13. The van der Waals surface area contributed by atoms with Crippen molar-refractivity contribution in [3.8, 4) is 0 Å². The van der Waals surface area contributed by atoms with Gasteiger partial charge in [-0.3, -0.25) is 4.79 Å². The molecule has 0 spiro atoms. The molecular formula is C14H18ClNO2. The standard InChI is InChI=1S/C14H18ClNO2/c1-10(17)14(2,3)16-13(18)9-8-11-6-4-5-7-12(11)15/h4-10,17H,1-3H3,(H,16,18)/b9-8+. The topological polar surface area (TPSA) is 49.3 Å². The molecule has 1 unspecified atom stereocenters. The summed E-state index contributed by atoms with van der Waals surface area (Å²) in [6, 6.07) is 7.27. The van der Waals surface area contributed by atoms with Crippen molar-refractivity contribution >= 4 is 23.6 Å². The summed E-state index contributed by atoms with van der Waals surface area (Å²) in [5, 5.41) is 12.8. The highest BCUT2D eigenvalue weighted by molar-refractivity contribution is 6.32. The van der Waals surface area contributed by atoms with Gasteiger partial charge in [0.25, 0.3) is 0 Å². The van der Waals surface area contributed by atoms with Gasteiger partial charge < -0.3 is 10.4 Å². The van der Waals surface area contributed by atoms with Crippen LogP contribution in [-0.2, 0) is 4.79 Å². The van der Waals surface area contributed by atoms with Crippen molar-refractivity contribution < 1.29 is 9.90 Å². The summed E-state index contributed by atoms with van der Waals surface area (Å²) < 4.78 is 0. The van der Waals surface area contributed by atoms with E-state index in [0.717, 1.165) is 5.56 Å². The quantitative estimate of drug-likeness (QED) is 0.824. The fourth-order valence-electron chi connectivity index (χ4n) is 1.24. The average molecular weight is 268 g/mol. The summed E-state index contributed by atoms with van der Waals surface area (Å²) in [6.07, 6.45) is 2.43. The van der Waals surface area contributed by atoms with Gasteiger partial charge in [-0.15, -0.1) is 0 Å². The van der Waals surface area contributed by atoms with Crippen molar-refractivity contribution in [3.05, 3.63) is 40.9 Å². The zero-order chi connectivity index (χ0) is 13.8. The summed E-state index contributed by atoms with van der Waals surface area (Å²) in [7, 11) is 0. The van der Waals surface area contributed by atoms with Crippen LogP contribution in [0.3, 0.4) is 0 Å². The Morgan fingerprint density at radius 2 is 2.06 bits per heavy atom. The Bertz CT molecular complexity index is 453. The lowest BCUT2D eigenvalue weighted by molar-refractivity contribution is -0.119. The Balaban J connectivity index is 2.69. The maximum absolute atomic E-state index is 11.7. The Labute approximate surface area is 112 Å². The van der Waals surface area contributed by atoms with Gasteiger partial charge in [-0.2, -0.15) is 0 Å². The minimum absolute atomic E-state index is 0.263. The third-order valence-corrected chi connectivity index (χ3v) is 3.15. The van der Waals surface area contributed by atoms with Gasteiger partial charge in [0, 0.05) is 11.1 Å². The van der Waals surface area contributed by atoms with E-state index in [1.165, 1.54) is 6.08 Å². The summed E-state index contributed by atoms with van der Waals surface area (Å²) in [6.45, 7) is 5.16. The molecule has 0 bridgehead atoms. The molecule has 1 aromatic carbocycles. The molecule has 0 aliphatic carbocycles. The molecule has 0 aromatic heterocycles. The zero-order valence-electron chi connectivity index (χ0n) is 10.8. The number of hydrogen-bond acceptors (Lipinski definition) is 2. The first-order valence-electron chi connectivity index (χ1n) is 5.76. The first kappa shape index (κ1) is 14.7. The van der Waals surface area contributed by atoms with E-state index in [1.807, 2.05) is 18.2 Å². The van der Waals surface area contributed by atoms with Crippen molar-refractivity contribution in [1.29, 1.82) is 0 Å². The Morgan fingerprint density at radius 1 is 1.44 bits per heavy atom. The minimum Gasteiger partial charge on any atom is -0.391 e. The highest BCUT2D eigenvalue weighted by atomic mass is 35.5. The maximum Gasteiger partial charge on any atom is 0.244 e. The first-order chi connectivity index (χ1) is 8.33. The van der Waals surface area contributed by atoms with E-state index in [4.69, 9.17) is 11.6 Å². The van der Waals surface area contributed by atoms with E-state index in [-0.39, 0.29) is 5.91 Å². The number of rotatable bonds is 4. The number of carbonyl (C=O) groups excluding carboxylic acids is 1. The molecule has 3 nitrogen and oxygen atoms in total. The van der Waals surface area contributed by atoms with Gasteiger partial charge in [0.2, 0.25) is 5.91 Å². The van der Waals surface area contributed by atoms with Gasteiger partial charge >= 0.3 is 0 Å². The van der Waals surface area contributed by atoms with Gasteiger partial charge in [-0.25, -0.2) is 0 Å². The number of benzene rings is 1. The van der Waals surface area contributed by atoms with Crippen LogP contribution in [0.15, 0.2) is 30.3 Å². The zero-order valence-corrected chi connectivity index (χ0v) is 11.5. The second kappa shape index (κ2) is 6.03. The lowest BCUT2D eigenvalue weighted by Crippen LogP contribution is -2.50. The van der Waals surface area contributed by atoms with Gasteiger partial charge in [0.05, 0.1) is 11.6 Å². The molecular weight excluding hydrogens is 250 g/mol. The van der Waals surface area contributed by atoms with E-state index in [1.54, 1.807) is 32.9 Å². The number of aliphatic hydroxyl groups is 1. The Kier molecular flexibility index (Phi) is 4.93. The summed E-state index contributed by atoms with van der Waals surface area (Å²) in [5.74, 6) is -0.263. The van der Waals surface area contributed by atoms with E-state index in [0.29, 0.717) is 5.02 Å². The molecule has 0 heterocycles. The molecule has 1 aromatic rings. The van der Waals surface area contributed by atoms with Crippen molar-refractivity contribution in [2.45, 2.75) is 32.4 Å². The number of halogens is 1. The molecule has 1 rings (SSSR count). The number of aliphatic hydroxyl groups excluding tert-OH is 1. The third kappa shape index (κ3) is 4.17. The molecule has 0 saturated heterocycles. The Hall–Kier alpha value is -1.32. The molecule has 1 amide bonds. The van der Waals surface area contributed by atoms with Crippen LogP contribution in [0.4, 0.5) is 0 Å². The molecule has 0 saturated carbocycles. The Morgan fingerprint density at radius 3 is 2.61 bits per heavy atom. The van der Waals surface area contributed by atoms with Crippen LogP contribution >= 0.6 is 11.6 Å². The normalized spacial score (nSPS) is 13.6. The highest BCUT2D eigenvalue weighted by Crippen LogP contribution is 2.16. The van der Waals surface area contributed by atoms with Gasteiger partial charge in [0.1, 0.15) is 0 Å². The SMILES string of the molecule is CC(O)C(C)(C)NC(=O)/C=C/c1ccccc1Cl. The molecule has 0 radical (unpaired) electrons. The fraction of sp³-hybridized carbons (Fsp3) is 0.357. The molecule has 0 aliphatic rings. The van der Waals surface area contributed by atoms with E-state index in [2.05, 4.69) is 5.32 Å². The molecule has 98 valence electrons. The number of hydrogen-bond donors (Lipinski definition) is 2. The monoisotopic (exact) mass is 267 g/mol. The van der Waals surface area contributed by atoms with Crippen molar-refractivity contribution in [1.82, 2.24) is 5.32 Å². The van der Waals surface area contributed by atoms with Gasteiger partial charge in [0.15, 0.2) is 0 Å². The minimum atomic E-state index is -0.665. The van der Waals surface area contributed by atoms with E-state index < -0.39 is 11.6 Å². The lowest BCUT2D eigenvalue weighted by Gasteiger charge is -2.28. The molecule has 18 heavy (non-hydrogen) atoms. The third-order valence-electron chi connectivity index (χ3n) is 2.81. The van der Waals surface area contributed by atoms with Crippen molar-refractivity contribution in [2.24, 2.45) is 0 Å². The molecule has 2 N–H and O–H groups in total. The molecule has 1 atom stereocenters. The van der Waals surface area contributed by atoms with Crippen molar-refractivity contribution in [3.63, 3.8) is 0 Å². The fourth-order valence-corrected chi connectivity index (χ4v) is 1.44. The molecule has 0 aliphatic heterocycles. The number of amides is 1.